The first-order valence-corrected chi connectivity index (χ1v) is 12.8. The van der Waals surface area contributed by atoms with Crippen LogP contribution in [-0.2, 0) is 17.9 Å². The molecule has 4 aromatic rings. The molecule has 0 radical (unpaired) electrons. The third-order valence-electron chi connectivity index (χ3n) is 6.16. The maximum atomic E-state index is 13.2. The number of hydrogen-bond donors (Lipinski definition) is 0. The van der Waals surface area contributed by atoms with Crippen molar-refractivity contribution in [2.24, 2.45) is 0 Å². The van der Waals surface area contributed by atoms with Gasteiger partial charge < -0.3 is 14.2 Å². The van der Waals surface area contributed by atoms with Gasteiger partial charge in [-0.05, 0) is 57.9 Å². The highest BCUT2D eigenvalue weighted by molar-refractivity contribution is 8.18. The van der Waals surface area contributed by atoms with Gasteiger partial charge in [-0.15, -0.1) is 0 Å². The van der Waals surface area contributed by atoms with Crippen LogP contribution in [0.4, 0.5) is 4.79 Å². The average Bonchev–Trinajstić information content (AvgIpc) is 3.47. The number of para-hydroxylation sites is 1. The van der Waals surface area contributed by atoms with Crippen LogP contribution in [0, 0.1) is 0 Å². The molecule has 6 rings (SSSR count). The Bertz CT molecular complexity index is 1580. The molecule has 2 aliphatic rings. The highest BCUT2D eigenvalue weighted by atomic mass is 35.5. The molecule has 4 aromatic carbocycles. The van der Waals surface area contributed by atoms with Gasteiger partial charge in [0, 0.05) is 16.7 Å². The Labute approximate surface area is 222 Å². The number of halogens is 1. The summed E-state index contributed by atoms with van der Waals surface area (Å²) in [7, 11) is 0. The number of rotatable bonds is 6. The smallest absolute Gasteiger partial charge is 0.293 e. The molecular formula is C29H20ClNO5S. The minimum Gasteiger partial charge on any atom is -0.488 e. The number of thioether (sulfide) groups is 1. The molecule has 0 aliphatic carbocycles. The van der Waals surface area contributed by atoms with Crippen molar-refractivity contribution in [1.82, 2.24) is 4.90 Å². The van der Waals surface area contributed by atoms with Gasteiger partial charge in [0.1, 0.15) is 12.4 Å². The number of hydrogen-bond acceptors (Lipinski definition) is 6. The van der Waals surface area contributed by atoms with E-state index in [-0.39, 0.29) is 24.5 Å². The van der Waals surface area contributed by atoms with E-state index in [1.54, 1.807) is 18.2 Å². The zero-order valence-corrected chi connectivity index (χ0v) is 21.1. The predicted molar refractivity (Wildman–Crippen MR) is 144 cm³/mol. The van der Waals surface area contributed by atoms with E-state index in [1.165, 1.54) is 10.3 Å². The first-order chi connectivity index (χ1) is 18.0. The molecular weight excluding hydrogens is 510 g/mol. The third-order valence-corrected chi connectivity index (χ3v) is 7.42. The Morgan fingerprint density at radius 3 is 2.54 bits per heavy atom. The lowest BCUT2D eigenvalue weighted by Gasteiger charge is -2.14. The van der Waals surface area contributed by atoms with Gasteiger partial charge in [-0.1, -0.05) is 66.2 Å². The molecule has 0 N–H and O–H groups in total. The van der Waals surface area contributed by atoms with Crippen LogP contribution in [-0.4, -0.2) is 22.8 Å². The zero-order valence-electron chi connectivity index (χ0n) is 19.5. The number of benzene rings is 4. The van der Waals surface area contributed by atoms with Crippen LogP contribution < -0.4 is 14.2 Å². The fourth-order valence-corrected chi connectivity index (χ4v) is 5.29. The van der Waals surface area contributed by atoms with Crippen LogP contribution in [0.2, 0.25) is 5.02 Å². The molecule has 0 saturated carbocycles. The van der Waals surface area contributed by atoms with Crippen molar-refractivity contribution in [3.05, 3.63) is 105 Å². The zero-order chi connectivity index (χ0) is 25.4. The molecule has 8 heteroatoms. The summed E-state index contributed by atoms with van der Waals surface area (Å²) in [6.45, 7) is 0.527. The maximum Gasteiger partial charge on any atom is 0.293 e. The quantitative estimate of drug-likeness (QED) is 0.250. The fraction of sp³-hybridized carbons (Fsp3) is 0.103. The van der Waals surface area contributed by atoms with Gasteiger partial charge in [-0.3, -0.25) is 14.5 Å². The average molecular weight is 530 g/mol. The minimum atomic E-state index is -0.381. The Hall–Kier alpha value is -3.94. The summed E-state index contributed by atoms with van der Waals surface area (Å²) in [6, 6.07) is 25.2. The second kappa shape index (κ2) is 9.84. The number of carbonyl (C=O) groups excluding carboxylic acids is 2. The summed E-state index contributed by atoms with van der Waals surface area (Å²) >= 11 is 7.26. The molecule has 184 valence electrons. The van der Waals surface area contributed by atoms with Gasteiger partial charge in [0.05, 0.1) is 11.4 Å². The molecule has 6 nitrogen and oxygen atoms in total. The Kier molecular flexibility index (Phi) is 6.24. The van der Waals surface area contributed by atoms with E-state index >= 15 is 0 Å². The lowest BCUT2D eigenvalue weighted by Crippen LogP contribution is -2.27. The Morgan fingerprint density at radius 2 is 1.68 bits per heavy atom. The molecule has 1 saturated heterocycles. The number of imide groups is 1. The first kappa shape index (κ1) is 23.5. The van der Waals surface area contributed by atoms with E-state index in [1.807, 2.05) is 42.5 Å². The van der Waals surface area contributed by atoms with E-state index in [9.17, 15) is 9.59 Å². The molecule has 2 heterocycles. The lowest BCUT2D eigenvalue weighted by molar-refractivity contribution is -0.123. The van der Waals surface area contributed by atoms with Crippen molar-refractivity contribution in [3.63, 3.8) is 0 Å². The second-order valence-electron chi connectivity index (χ2n) is 8.57. The number of fused-ring (bicyclic) bond motifs is 2. The van der Waals surface area contributed by atoms with Gasteiger partial charge in [0.15, 0.2) is 11.5 Å². The van der Waals surface area contributed by atoms with E-state index in [4.69, 9.17) is 25.8 Å². The monoisotopic (exact) mass is 529 g/mol. The predicted octanol–water partition coefficient (Wildman–Crippen LogP) is 7.04. The molecule has 2 amide bonds. The van der Waals surface area contributed by atoms with Crippen molar-refractivity contribution in [2.45, 2.75) is 13.2 Å². The van der Waals surface area contributed by atoms with Crippen LogP contribution in [0.1, 0.15) is 16.7 Å². The van der Waals surface area contributed by atoms with Crippen molar-refractivity contribution >= 4 is 51.4 Å². The van der Waals surface area contributed by atoms with Crippen molar-refractivity contribution in [3.8, 4) is 17.2 Å². The lowest BCUT2D eigenvalue weighted by atomic mass is 10.1. The molecule has 0 atom stereocenters. The van der Waals surface area contributed by atoms with E-state index < -0.39 is 0 Å². The standard InChI is InChI=1S/C29H20ClNO5S/c30-23-14-26-25(35-17-36-26)12-22(23)15-31-28(32)27(37-29(31)33)13-21-7-3-4-8-24(21)34-16-18-9-10-19-5-1-2-6-20(19)11-18/h1-14H,15-17H2/b27-13-. The molecule has 1 fully saturated rings. The van der Waals surface area contributed by atoms with Gasteiger partial charge in [0.2, 0.25) is 6.79 Å². The summed E-state index contributed by atoms with van der Waals surface area (Å²) in [6.07, 6.45) is 1.70. The topological polar surface area (TPSA) is 65.1 Å². The molecule has 0 bridgehead atoms. The molecule has 2 aliphatic heterocycles. The first-order valence-electron chi connectivity index (χ1n) is 11.6. The van der Waals surface area contributed by atoms with Crippen LogP contribution in [0.15, 0.2) is 83.8 Å². The highest BCUT2D eigenvalue weighted by Gasteiger charge is 2.36. The third kappa shape index (κ3) is 4.75. The number of ether oxygens (including phenoxy) is 3. The highest BCUT2D eigenvalue weighted by Crippen LogP contribution is 2.40. The number of carbonyl (C=O) groups is 2. The minimum absolute atomic E-state index is 0.0393. The van der Waals surface area contributed by atoms with E-state index in [2.05, 4.69) is 24.3 Å². The van der Waals surface area contributed by atoms with Crippen LogP contribution in [0.25, 0.3) is 16.8 Å². The van der Waals surface area contributed by atoms with Crippen LogP contribution >= 0.6 is 23.4 Å². The summed E-state index contributed by atoms with van der Waals surface area (Å²) in [5.41, 5.74) is 2.36. The Morgan fingerprint density at radius 1 is 0.919 bits per heavy atom. The Balaban J connectivity index is 1.20. The molecule has 0 aromatic heterocycles. The summed E-state index contributed by atoms with van der Waals surface area (Å²) in [5, 5.41) is 2.36. The largest absolute Gasteiger partial charge is 0.488 e. The maximum absolute atomic E-state index is 13.2. The van der Waals surface area contributed by atoms with Gasteiger partial charge >= 0.3 is 0 Å². The van der Waals surface area contributed by atoms with Gasteiger partial charge in [-0.25, -0.2) is 0 Å². The van der Waals surface area contributed by atoms with Crippen molar-refractivity contribution < 1.29 is 23.8 Å². The van der Waals surface area contributed by atoms with Gasteiger partial charge in [-0.2, -0.15) is 0 Å². The van der Waals surface area contributed by atoms with Crippen LogP contribution in [0.3, 0.4) is 0 Å². The summed E-state index contributed by atoms with van der Waals surface area (Å²) in [5.74, 6) is 1.33. The second-order valence-corrected chi connectivity index (χ2v) is 9.97. The van der Waals surface area contributed by atoms with Crippen molar-refractivity contribution in [1.29, 1.82) is 0 Å². The van der Waals surface area contributed by atoms with E-state index in [0.29, 0.717) is 39.3 Å². The SMILES string of the molecule is O=C1S/C(=C\c2ccccc2OCc2ccc3ccccc3c2)C(=O)N1Cc1cc2c(cc1Cl)OCO2. The molecule has 0 unspecified atom stereocenters. The normalized spacial score (nSPS) is 15.7. The van der Waals surface area contributed by atoms with Gasteiger partial charge in [0.25, 0.3) is 11.1 Å². The van der Waals surface area contributed by atoms with Crippen LogP contribution in [0.5, 0.6) is 17.2 Å². The molecule has 37 heavy (non-hydrogen) atoms. The molecule has 0 spiro atoms. The van der Waals surface area contributed by atoms with E-state index in [0.717, 1.165) is 28.3 Å². The fourth-order valence-electron chi connectivity index (χ4n) is 4.25. The summed E-state index contributed by atoms with van der Waals surface area (Å²) < 4.78 is 16.8. The number of nitrogens with zero attached hydrogens (tertiary/aromatic N) is 1. The number of amides is 2. The van der Waals surface area contributed by atoms with Crippen molar-refractivity contribution in [2.75, 3.05) is 6.79 Å². The summed E-state index contributed by atoms with van der Waals surface area (Å²) in [4.78, 5) is 27.4.